The van der Waals surface area contributed by atoms with E-state index in [1.54, 1.807) is 25.6 Å². The standard InChI is InChI=1S/C23H20N4O2S/c1-14-23(20-12-15-6-4-5-7-19(15)30-20)27-22(24-14)11-10-21(26-27)25-16-8-9-17(28-2)18(13-16)29-3/h4-13H,1-3H3,(H,25,26). The summed E-state index contributed by atoms with van der Waals surface area (Å²) in [6.07, 6.45) is 0. The van der Waals surface area contributed by atoms with Gasteiger partial charge in [0.25, 0.3) is 0 Å². The van der Waals surface area contributed by atoms with E-state index >= 15 is 0 Å². The molecule has 0 aliphatic carbocycles. The molecule has 0 saturated heterocycles. The minimum Gasteiger partial charge on any atom is -0.493 e. The van der Waals surface area contributed by atoms with Crippen molar-refractivity contribution in [2.75, 3.05) is 19.5 Å². The molecule has 0 unspecified atom stereocenters. The Morgan fingerprint density at radius 2 is 1.77 bits per heavy atom. The topological polar surface area (TPSA) is 60.7 Å². The van der Waals surface area contributed by atoms with Gasteiger partial charge in [-0.2, -0.15) is 0 Å². The number of methoxy groups -OCH3 is 2. The molecule has 5 rings (SSSR count). The summed E-state index contributed by atoms with van der Waals surface area (Å²) in [5.74, 6) is 2.06. The lowest BCUT2D eigenvalue weighted by Gasteiger charge is -2.11. The molecule has 0 radical (unpaired) electrons. The fraction of sp³-hybridized carbons (Fsp3) is 0.130. The summed E-state index contributed by atoms with van der Waals surface area (Å²) in [6.45, 7) is 2.02. The fourth-order valence-corrected chi connectivity index (χ4v) is 4.70. The summed E-state index contributed by atoms with van der Waals surface area (Å²) in [7, 11) is 3.24. The third-order valence-electron chi connectivity index (χ3n) is 4.97. The van der Waals surface area contributed by atoms with Crippen LogP contribution in [0.2, 0.25) is 0 Å². The molecule has 1 N–H and O–H groups in total. The van der Waals surface area contributed by atoms with Crippen LogP contribution in [0.15, 0.2) is 60.7 Å². The number of nitrogens with one attached hydrogen (secondary N) is 1. The number of hydrogen-bond donors (Lipinski definition) is 1. The molecular formula is C23H20N4O2S. The highest BCUT2D eigenvalue weighted by molar-refractivity contribution is 7.22. The van der Waals surface area contributed by atoms with Crippen molar-refractivity contribution in [3.8, 4) is 22.1 Å². The first-order valence-corrected chi connectivity index (χ1v) is 10.3. The maximum Gasteiger partial charge on any atom is 0.162 e. The van der Waals surface area contributed by atoms with Crippen LogP contribution >= 0.6 is 11.3 Å². The molecule has 0 aliphatic rings. The highest BCUT2D eigenvalue weighted by Gasteiger charge is 2.15. The number of hydrogen-bond acceptors (Lipinski definition) is 6. The quantitative estimate of drug-likeness (QED) is 0.399. The molecule has 0 atom stereocenters. The van der Waals surface area contributed by atoms with Gasteiger partial charge in [0.1, 0.15) is 5.69 Å². The first-order chi connectivity index (χ1) is 14.7. The zero-order chi connectivity index (χ0) is 20.7. The lowest BCUT2D eigenvalue weighted by molar-refractivity contribution is 0.355. The van der Waals surface area contributed by atoms with Crippen molar-refractivity contribution in [1.29, 1.82) is 0 Å². The summed E-state index contributed by atoms with van der Waals surface area (Å²) in [6, 6.07) is 20.2. The van der Waals surface area contributed by atoms with Gasteiger partial charge in [-0.3, -0.25) is 0 Å². The van der Waals surface area contributed by atoms with Crippen molar-refractivity contribution >= 4 is 38.6 Å². The monoisotopic (exact) mass is 416 g/mol. The number of fused-ring (bicyclic) bond motifs is 2. The van der Waals surface area contributed by atoms with E-state index in [9.17, 15) is 0 Å². The van der Waals surface area contributed by atoms with Crippen molar-refractivity contribution < 1.29 is 9.47 Å². The van der Waals surface area contributed by atoms with Crippen LogP contribution in [0.4, 0.5) is 11.5 Å². The van der Waals surface area contributed by atoms with Crippen LogP contribution in [0.1, 0.15) is 5.69 Å². The highest BCUT2D eigenvalue weighted by Crippen LogP contribution is 2.36. The summed E-state index contributed by atoms with van der Waals surface area (Å²) in [5, 5.41) is 9.39. The van der Waals surface area contributed by atoms with E-state index in [2.05, 4.69) is 35.6 Å². The zero-order valence-corrected chi connectivity index (χ0v) is 17.7. The lowest BCUT2D eigenvalue weighted by atomic mass is 10.2. The summed E-state index contributed by atoms with van der Waals surface area (Å²) in [4.78, 5) is 5.85. The Bertz CT molecular complexity index is 1340. The van der Waals surface area contributed by atoms with Crippen LogP contribution in [0, 0.1) is 6.92 Å². The molecule has 150 valence electrons. The molecule has 0 fully saturated rings. The van der Waals surface area contributed by atoms with Gasteiger partial charge in [-0.15, -0.1) is 16.4 Å². The van der Waals surface area contributed by atoms with E-state index in [-0.39, 0.29) is 0 Å². The number of benzene rings is 2. The zero-order valence-electron chi connectivity index (χ0n) is 16.8. The van der Waals surface area contributed by atoms with Gasteiger partial charge in [0.05, 0.1) is 24.8 Å². The van der Waals surface area contributed by atoms with E-state index in [4.69, 9.17) is 19.6 Å². The number of nitrogens with zero attached hydrogens (tertiary/aromatic N) is 3. The van der Waals surface area contributed by atoms with E-state index in [1.165, 1.54) is 10.1 Å². The first kappa shape index (κ1) is 18.4. The number of anilines is 2. The summed E-state index contributed by atoms with van der Waals surface area (Å²) in [5.41, 5.74) is 3.65. The van der Waals surface area contributed by atoms with Gasteiger partial charge >= 0.3 is 0 Å². The summed E-state index contributed by atoms with van der Waals surface area (Å²) < 4.78 is 13.9. The predicted octanol–water partition coefficient (Wildman–Crippen LogP) is 5.68. The van der Waals surface area contributed by atoms with Gasteiger partial charge in [0, 0.05) is 16.5 Å². The van der Waals surface area contributed by atoms with Gasteiger partial charge in [-0.05, 0) is 48.7 Å². The molecule has 0 aliphatic heterocycles. The third kappa shape index (κ3) is 3.13. The minimum atomic E-state index is 0.660. The molecule has 0 spiro atoms. The first-order valence-electron chi connectivity index (χ1n) is 9.50. The van der Waals surface area contributed by atoms with Gasteiger partial charge in [-0.25, -0.2) is 9.50 Å². The fourth-order valence-electron chi connectivity index (χ4n) is 3.55. The van der Waals surface area contributed by atoms with Gasteiger partial charge in [0.2, 0.25) is 0 Å². The van der Waals surface area contributed by atoms with Crippen molar-refractivity contribution in [3.63, 3.8) is 0 Å². The van der Waals surface area contributed by atoms with Crippen molar-refractivity contribution in [1.82, 2.24) is 14.6 Å². The van der Waals surface area contributed by atoms with E-state index in [1.807, 2.05) is 41.8 Å². The molecule has 3 heterocycles. The molecular weight excluding hydrogens is 396 g/mol. The second-order valence-electron chi connectivity index (χ2n) is 6.88. The van der Waals surface area contributed by atoms with Crippen molar-refractivity contribution in [2.45, 2.75) is 6.92 Å². The molecule has 3 aromatic heterocycles. The highest BCUT2D eigenvalue weighted by atomic mass is 32.1. The molecule has 30 heavy (non-hydrogen) atoms. The minimum absolute atomic E-state index is 0.660. The van der Waals surface area contributed by atoms with E-state index in [0.717, 1.165) is 33.4 Å². The Hall–Kier alpha value is -3.58. The molecule has 0 amide bonds. The Labute approximate surface area is 177 Å². The van der Waals surface area contributed by atoms with E-state index in [0.29, 0.717) is 11.5 Å². The Kier molecular flexibility index (Phi) is 4.52. The van der Waals surface area contributed by atoms with Crippen LogP contribution in [0.5, 0.6) is 11.5 Å². The van der Waals surface area contributed by atoms with Crippen molar-refractivity contribution in [2.24, 2.45) is 0 Å². The van der Waals surface area contributed by atoms with Crippen molar-refractivity contribution in [3.05, 3.63) is 66.4 Å². The van der Waals surface area contributed by atoms with Crippen LogP contribution in [0.25, 0.3) is 26.3 Å². The number of imidazole rings is 1. The van der Waals surface area contributed by atoms with Crippen LogP contribution < -0.4 is 14.8 Å². The molecule has 0 bridgehead atoms. The molecule has 6 nitrogen and oxygen atoms in total. The molecule has 2 aromatic carbocycles. The second-order valence-corrected chi connectivity index (χ2v) is 7.96. The molecule has 5 aromatic rings. The molecule has 7 heteroatoms. The average molecular weight is 417 g/mol. The molecule has 0 saturated carbocycles. The van der Waals surface area contributed by atoms with Crippen LogP contribution in [-0.2, 0) is 0 Å². The third-order valence-corrected chi connectivity index (χ3v) is 6.09. The average Bonchev–Trinajstić information content (AvgIpc) is 3.32. The van der Waals surface area contributed by atoms with Crippen LogP contribution in [-0.4, -0.2) is 28.8 Å². The second kappa shape index (κ2) is 7.35. The van der Waals surface area contributed by atoms with Gasteiger partial charge in [-0.1, -0.05) is 18.2 Å². The van der Waals surface area contributed by atoms with Gasteiger partial charge in [0.15, 0.2) is 23.0 Å². The normalized spacial score (nSPS) is 11.2. The number of thiophene rings is 1. The largest absolute Gasteiger partial charge is 0.493 e. The maximum absolute atomic E-state index is 5.39. The predicted molar refractivity (Wildman–Crippen MR) is 121 cm³/mol. The Morgan fingerprint density at radius 1 is 0.933 bits per heavy atom. The number of rotatable bonds is 5. The van der Waals surface area contributed by atoms with Gasteiger partial charge < -0.3 is 14.8 Å². The smallest absolute Gasteiger partial charge is 0.162 e. The number of ether oxygens (including phenoxy) is 2. The maximum atomic E-state index is 5.39. The number of aromatic nitrogens is 3. The SMILES string of the molecule is COc1ccc(Nc2ccc3nc(C)c(-c4cc5ccccc5s4)n3n2)cc1OC. The Balaban J connectivity index is 1.56. The summed E-state index contributed by atoms with van der Waals surface area (Å²) >= 11 is 1.75. The lowest BCUT2D eigenvalue weighted by Crippen LogP contribution is -2.00. The van der Waals surface area contributed by atoms with Crippen LogP contribution in [0.3, 0.4) is 0 Å². The number of aryl methyl sites for hydroxylation is 1. The Morgan fingerprint density at radius 3 is 2.57 bits per heavy atom. The van der Waals surface area contributed by atoms with E-state index < -0.39 is 0 Å².